The maximum Gasteiger partial charge on any atom is 0.198 e. The van der Waals surface area contributed by atoms with Crippen LogP contribution in [-0.2, 0) is 0 Å². The van der Waals surface area contributed by atoms with E-state index in [1.807, 2.05) is 42.5 Å². The quantitative estimate of drug-likeness (QED) is 0.435. The van der Waals surface area contributed by atoms with Gasteiger partial charge in [-0.05, 0) is 24.3 Å². The number of alkyl halides is 1. The van der Waals surface area contributed by atoms with Crippen LogP contribution in [0.3, 0.4) is 0 Å². The van der Waals surface area contributed by atoms with Gasteiger partial charge in [0.15, 0.2) is 5.78 Å². The lowest BCUT2D eigenvalue weighted by Gasteiger charge is -2.54. The molecule has 3 aromatic carbocycles. The highest BCUT2D eigenvalue weighted by Crippen LogP contribution is 2.33. The zero-order chi connectivity index (χ0) is 24.8. The van der Waals surface area contributed by atoms with Crippen LogP contribution in [0.4, 0.5) is 15.8 Å². The van der Waals surface area contributed by atoms with Crippen molar-refractivity contribution in [2.75, 3.05) is 68.8 Å². The van der Waals surface area contributed by atoms with Gasteiger partial charge in [-0.15, -0.1) is 0 Å². The summed E-state index contributed by atoms with van der Waals surface area (Å²) in [5.41, 5.74) is 2.06. The number of Topliss-reactive ketones (excluding diaryl/α,β-unsaturated/α-hetero) is 1. The summed E-state index contributed by atoms with van der Waals surface area (Å²) in [4.78, 5) is 23.5. The molecule has 0 saturated carbocycles. The number of nitrogens with zero attached hydrogens (tertiary/aromatic N) is 4. The normalized spacial score (nSPS) is 17.8. The highest BCUT2D eigenvalue weighted by molar-refractivity contribution is 6.03. The highest BCUT2D eigenvalue weighted by Gasteiger charge is 2.50. The van der Waals surface area contributed by atoms with Crippen molar-refractivity contribution >= 4 is 17.2 Å². The SMILES string of the molecule is O=C(c1ccccc1)C(CCF)(N1CCN(c2ccccc2)CC1)N1CCN(c2ccccc2)CC1. The molecule has 0 atom stereocenters. The molecule has 0 bridgehead atoms. The lowest BCUT2D eigenvalue weighted by molar-refractivity contribution is -0.0506. The second kappa shape index (κ2) is 11.2. The van der Waals surface area contributed by atoms with Crippen LogP contribution >= 0.6 is 0 Å². The Labute approximate surface area is 213 Å². The van der Waals surface area contributed by atoms with Crippen molar-refractivity contribution in [3.8, 4) is 0 Å². The van der Waals surface area contributed by atoms with Gasteiger partial charge in [-0.25, -0.2) is 0 Å². The summed E-state index contributed by atoms with van der Waals surface area (Å²) in [6.07, 6.45) is 0.178. The molecule has 5 nitrogen and oxygen atoms in total. The predicted molar refractivity (Wildman–Crippen MR) is 145 cm³/mol. The number of halogens is 1. The van der Waals surface area contributed by atoms with E-state index in [2.05, 4.69) is 68.1 Å². The van der Waals surface area contributed by atoms with Gasteiger partial charge >= 0.3 is 0 Å². The van der Waals surface area contributed by atoms with Crippen molar-refractivity contribution in [3.05, 3.63) is 96.6 Å². The molecule has 0 amide bonds. The molecule has 0 N–H and O–H groups in total. The van der Waals surface area contributed by atoms with E-state index >= 15 is 0 Å². The molecule has 188 valence electrons. The second-order valence-electron chi connectivity index (χ2n) is 9.57. The molecular weight excluding hydrogens is 451 g/mol. The summed E-state index contributed by atoms with van der Waals surface area (Å²) < 4.78 is 14.3. The third-order valence-electron chi connectivity index (χ3n) is 7.69. The maximum absolute atomic E-state index is 14.3. The van der Waals surface area contributed by atoms with E-state index in [0.29, 0.717) is 31.7 Å². The minimum Gasteiger partial charge on any atom is -0.369 e. The van der Waals surface area contributed by atoms with Crippen LogP contribution in [0.1, 0.15) is 16.8 Å². The molecule has 2 aliphatic heterocycles. The number of carbonyl (C=O) groups excluding carboxylic acids is 1. The van der Waals surface area contributed by atoms with Crippen LogP contribution in [0.5, 0.6) is 0 Å². The number of rotatable bonds is 8. The predicted octanol–water partition coefficient (Wildman–Crippen LogP) is 4.57. The van der Waals surface area contributed by atoms with E-state index in [9.17, 15) is 9.18 Å². The van der Waals surface area contributed by atoms with Gasteiger partial charge in [0, 0.05) is 75.7 Å². The molecule has 0 aliphatic carbocycles. The largest absolute Gasteiger partial charge is 0.369 e. The van der Waals surface area contributed by atoms with Crippen LogP contribution in [0.15, 0.2) is 91.0 Å². The average Bonchev–Trinajstić information content (AvgIpc) is 2.97. The third-order valence-corrected chi connectivity index (χ3v) is 7.69. The number of piperazine rings is 2. The van der Waals surface area contributed by atoms with E-state index < -0.39 is 12.3 Å². The minimum atomic E-state index is -0.984. The molecule has 0 aromatic heterocycles. The first-order chi connectivity index (χ1) is 17.7. The van der Waals surface area contributed by atoms with Crippen LogP contribution in [0.2, 0.25) is 0 Å². The standard InChI is InChI=1S/C30H35FN4O/c31-17-16-30(29(36)26-10-4-1-5-11-26,34-22-18-32(19-23-34)27-12-6-2-7-13-27)35-24-20-33(21-25-35)28-14-8-3-9-15-28/h1-15H,16-25H2. The molecule has 6 heteroatoms. The molecule has 5 rings (SSSR count). The van der Waals surface area contributed by atoms with Gasteiger partial charge in [0.1, 0.15) is 5.66 Å². The van der Waals surface area contributed by atoms with Crippen molar-refractivity contribution in [2.45, 2.75) is 12.1 Å². The van der Waals surface area contributed by atoms with E-state index in [-0.39, 0.29) is 12.2 Å². The number of carbonyl (C=O) groups is 1. The molecule has 0 spiro atoms. The molecule has 2 fully saturated rings. The molecule has 2 saturated heterocycles. The number of hydrogen-bond donors (Lipinski definition) is 0. The van der Waals surface area contributed by atoms with Gasteiger partial charge in [0.25, 0.3) is 0 Å². The number of hydrogen-bond acceptors (Lipinski definition) is 5. The van der Waals surface area contributed by atoms with E-state index in [1.54, 1.807) is 0 Å². The summed E-state index contributed by atoms with van der Waals surface area (Å²) >= 11 is 0. The topological polar surface area (TPSA) is 30.0 Å². The van der Waals surface area contributed by atoms with Crippen LogP contribution in [0, 0.1) is 0 Å². The van der Waals surface area contributed by atoms with Gasteiger partial charge in [-0.3, -0.25) is 19.0 Å². The molecule has 2 aliphatic rings. The number of benzene rings is 3. The Balaban J connectivity index is 1.42. The minimum absolute atomic E-state index is 0.0158. The molecular formula is C30H35FN4O. The zero-order valence-corrected chi connectivity index (χ0v) is 20.8. The van der Waals surface area contributed by atoms with Crippen LogP contribution < -0.4 is 9.80 Å². The smallest absolute Gasteiger partial charge is 0.198 e. The van der Waals surface area contributed by atoms with Gasteiger partial charge < -0.3 is 9.80 Å². The fourth-order valence-electron chi connectivity index (χ4n) is 5.82. The van der Waals surface area contributed by atoms with E-state index in [4.69, 9.17) is 0 Å². The summed E-state index contributed by atoms with van der Waals surface area (Å²) in [7, 11) is 0. The van der Waals surface area contributed by atoms with Crippen molar-refractivity contribution < 1.29 is 9.18 Å². The van der Waals surface area contributed by atoms with Crippen molar-refractivity contribution in [3.63, 3.8) is 0 Å². The Morgan fingerprint density at radius 2 is 1.00 bits per heavy atom. The zero-order valence-electron chi connectivity index (χ0n) is 20.8. The summed E-state index contributed by atoms with van der Waals surface area (Å²) in [5.74, 6) is 0.0158. The van der Waals surface area contributed by atoms with E-state index in [1.165, 1.54) is 11.4 Å². The molecule has 0 radical (unpaired) electrons. The Morgan fingerprint density at radius 1 is 0.611 bits per heavy atom. The highest BCUT2D eigenvalue weighted by atomic mass is 19.1. The number of anilines is 2. The van der Waals surface area contributed by atoms with Crippen molar-refractivity contribution in [1.29, 1.82) is 0 Å². The Hall–Kier alpha value is -3.22. The van der Waals surface area contributed by atoms with Gasteiger partial charge in [0.2, 0.25) is 0 Å². The van der Waals surface area contributed by atoms with Crippen LogP contribution in [0.25, 0.3) is 0 Å². The van der Waals surface area contributed by atoms with Crippen molar-refractivity contribution in [2.24, 2.45) is 0 Å². The summed E-state index contributed by atoms with van der Waals surface area (Å²) in [6, 6.07) is 30.2. The van der Waals surface area contributed by atoms with Crippen molar-refractivity contribution in [1.82, 2.24) is 9.80 Å². The average molecular weight is 487 g/mol. The molecule has 0 unspecified atom stereocenters. The van der Waals surface area contributed by atoms with Gasteiger partial charge in [0.05, 0.1) is 6.67 Å². The Kier molecular flexibility index (Phi) is 7.63. The summed E-state index contributed by atoms with van der Waals surface area (Å²) in [5, 5.41) is 0. The first-order valence-corrected chi connectivity index (χ1v) is 13.0. The molecule has 2 heterocycles. The fourth-order valence-corrected chi connectivity index (χ4v) is 5.82. The molecule has 3 aromatic rings. The number of ketones is 1. The fraction of sp³-hybridized carbons (Fsp3) is 0.367. The van der Waals surface area contributed by atoms with Gasteiger partial charge in [-0.2, -0.15) is 0 Å². The maximum atomic E-state index is 14.3. The first-order valence-electron chi connectivity index (χ1n) is 13.0. The monoisotopic (exact) mass is 486 g/mol. The van der Waals surface area contributed by atoms with Gasteiger partial charge in [-0.1, -0.05) is 66.7 Å². The Bertz CT molecular complexity index is 1040. The van der Waals surface area contributed by atoms with Crippen LogP contribution in [-0.4, -0.2) is 80.3 Å². The first kappa shape index (κ1) is 24.5. The third kappa shape index (κ3) is 4.88. The summed E-state index contributed by atoms with van der Waals surface area (Å²) in [6.45, 7) is 5.57. The second-order valence-corrected chi connectivity index (χ2v) is 9.57. The molecule has 36 heavy (non-hydrogen) atoms. The Morgan fingerprint density at radius 3 is 1.39 bits per heavy atom. The lowest BCUT2D eigenvalue weighted by Crippen LogP contribution is -2.71. The lowest BCUT2D eigenvalue weighted by atomic mass is 9.89. The van der Waals surface area contributed by atoms with E-state index in [0.717, 1.165) is 26.2 Å². The number of para-hydroxylation sites is 2.